The molecule has 1 fully saturated rings. The molecule has 1 aromatic carbocycles. The fraction of sp³-hybridized carbons (Fsp3) is 0.593. The van der Waals surface area contributed by atoms with Crippen LogP contribution in [-0.2, 0) is 13.0 Å². The largest absolute Gasteiger partial charge is 0.507 e. The van der Waals surface area contributed by atoms with Gasteiger partial charge in [0.2, 0.25) is 0 Å². The molecule has 0 bridgehead atoms. The molecule has 0 spiro atoms. The van der Waals surface area contributed by atoms with Gasteiger partial charge in [-0.15, -0.1) is 0 Å². The van der Waals surface area contributed by atoms with E-state index in [0.29, 0.717) is 12.3 Å². The number of benzene rings is 1. The van der Waals surface area contributed by atoms with E-state index < -0.39 is 0 Å². The van der Waals surface area contributed by atoms with Crippen LogP contribution in [0.15, 0.2) is 30.1 Å². The van der Waals surface area contributed by atoms with Crippen molar-refractivity contribution in [2.45, 2.75) is 77.7 Å². The van der Waals surface area contributed by atoms with E-state index in [1.807, 2.05) is 11.9 Å². The van der Waals surface area contributed by atoms with E-state index in [-0.39, 0.29) is 17.9 Å². The molecule has 32 heavy (non-hydrogen) atoms. The van der Waals surface area contributed by atoms with Crippen molar-refractivity contribution in [2.24, 2.45) is 5.92 Å². The van der Waals surface area contributed by atoms with E-state index in [0.717, 1.165) is 92.7 Å². The molecule has 0 aromatic heterocycles. The number of unbranched alkanes of at least 4 members (excludes halogenated alkanes) is 2. The molecule has 0 saturated carbocycles. The third kappa shape index (κ3) is 4.39. The first kappa shape index (κ1) is 22.8. The van der Waals surface area contributed by atoms with Gasteiger partial charge in [-0.05, 0) is 57.1 Å². The standard InChI is InChI=1S/C27H38N2O3/c1-5-6-7-10-20-16-24-25(22-15-18(2)11-12-21(22)19(3)32-24)26(30)23(20)17-28(4)27(31)29-13-8-9-14-29/h15-16,21-22,30H,3,5-14,17H2,1-2,4H3. The summed E-state index contributed by atoms with van der Waals surface area (Å²) in [6, 6.07) is 2.16. The van der Waals surface area contributed by atoms with Crippen molar-refractivity contribution in [2.75, 3.05) is 20.1 Å². The summed E-state index contributed by atoms with van der Waals surface area (Å²) in [5.74, 6) is 2.13. The molecule has 2 unspecified atom stereocenters. The topological polar surface area (TPSA) is 53.0 Å². The minimum absolute atomic E-state index is 0.0510. The quantitative estimate of drug-likeness (QED) is 0.430. The number of hydrogen-bond donors (Lipinski definition) is 1. The van der Waals surface area contributed by atoms with Crippen molar-refractivity contribution in [1.82, 2.24) is 9.80 Å². The molecule has 1 aromatic rings. The SMILES string of the molecule is C=C1Oc2cc(CCCCC)c(CN(C)C(=O)N3CCCC3)c(O)c2C2C=C(C)CCC12. The molecule has 1 N–H and O–H groups in total. The van der Waals surface area contributed by atoms with Gasteiger partial charge in [0.15, 0.2) is 0 Å². The van der Waals surface area contributed by atoms with E-state index in [1.54, 1.807) is 4.90 Å². The Balaban J connectivity index is 1.72. The summed E-state index contributed by atoms with van der Waals surface area (Å²) in [6.45, 7) is 10.6. The second-order valence-corrected chi connectivity index (χ2v) is 9.82. The molecule has 2 heterocycles. The zero-order valence-electron chi connectivity index (χ0n) is 20.0. The van der Waals surface area contributed by atoms with Crippen molar-refractivity contribution in [3.63, 3.8) is 0 Å². The summed E-state index contributed by atoms with van der Waals surface area (Å²) in [5, 5.41) is 11.6. The van der Waals surface area contributed by atoms with Gasteiger partial charge in [0.1, 0.15) is 17.3 Å². The number of hydrogen-bond acceptors (Lipinski definition) is 3. The van der Waals surface area contributed by atoms with Gasteiger partial charge < -0.3 is 19.6 Å². The first-order valence-corrected chi connectivity index (χ1v) is 12.3. The molecule has 1 saturated heterocycles. The van der Waals surface area contributed by atoms with E-state index in [4.69, 9.17) is 4.74 Å². The number of phenolic OH excluding ortho intramolecular Hbond substituents is 1. The monoisotopic (exact) mass is 438 g/mol. The lowest BCUT2D eigenvalue weighted by atomic mass is 9.73. The Morgan fingerprint density at radius 2 is 2.06 bits per heavy atom. The molecular formula is C27H38N2O3. The molecule has 4 rings (SSSR count). The maximum Gasteiger partial charge on any atom is 0.320 e. The minimum atomic E-state index is 0.0510. The van der Waals surface area contributed by atoms with Crippen LogP contribution in [-0.4, -0.2) is 41.1 Å². The van der Waals surface area contributed by atoms with E-state index in [2.05, 4.69) is 32.6 Å². The van der Waals surface area contributed by atoms with Crippen LogP contribution in [0.3, 0.4) is 0 Å². The maximum absolute atomic E-state index is 13.0. The lowest BCUT2D eigenvalue weighted by molar-refractivity contribution is 0.170. The van der Waals surface area contributed by atoms with Gasteiger partial charge in [0.05, 0.1) is 6.54 Å². The fourth-order valence-electron chi connectivity index (χ4n) is 5.51. The maximum atomic E-state index is 13.0. The number of rotatable bonds is 6. The minimum Gasteiger partial charge on any atom is -0.507 e. The number of phenols is 1. The van der Waals surface area contributed by atoms with Crippen LogP contribution in [0.1, 0.15) is 81.4 Å². The Labute approximate surface area is 192 Å². The zero-order chi connectivity index (χ0) is 22.8. The Hall–Kier alpha value is -2.43. The second kappa shape index (κ2) is 9.60. The highest BCUT2D eigenvalue weighted by molar-refractivity contribution is 5.74. The van der Waals surface area contributed by atoms with Crippen LogP contribution in [0.2, 0.25) is 0 Å². The van der Waals surface area contributed by atoms with Crippen molar-refractivity contribution < 1.29 is 14.6 Å². The Kier molecular flexibility index (Phi) is 6.82. The van der Waals surface area contributed by atoms with Gasteiger partial charge in [-0.1, -0.05) is 38.0 Å². The first-order valence-electron chi connectivity index (χ1n) is 12.3. The highest BCUT2D eigenvalue weighted by atomic mass is 16.5. The molecule has 5 heteroatoms. The van der Waals surface area contributed by atoms with Crippen LogP contribution in [0.5, 0.6) is 11.5 Å². The molecule has 1 aliphatic carbocycles. The molecular weight excluding hydrogens is 400 g/mol. The van der Waals surface area contributed by atoms with Gasteiger partial charge in [-0.3, -0.25) is 0 Å². The lowest BCUT2D eigenvalue weighted by Crippen LogP contribution is -2.39. The second-order valence-electron chi connectivity index (χ2n) is 9.82. The molecule has 0 radical (unpaired) electrons. The number of allylic oxidation sites excluding steroid dienone is 3. The Morgan fingerprint density at radius 3 is 2.78 bits per heavy atom. The van der Waals surface area contributed by atoms with Crippen molar-refractivity contribution in [3.05, 3.63) is 46.7 Å². The predicted molar refractivity (Wildman–Crippen MR) is 128 cm³/mol. The van der Waals surface area contributed by atoms with Crippen molar-refractivity contribution in [3.8, 4) is 11.5 Å². The van der Waals surface area contributed by atoms with E-state index in [1.165, 1.54) is 5.57 Å². The molecule has 3 aliphatic rings. The Bertz CT molecular complexity index is 914. The van der Waals surface area contributed by atoms with Crippen LogP contribution < -0.4 is 4.74 Å². The summed E-state index contributed by atoms with van der Waals surface area (Å²) in [6.07, 6.45) is 10.6. The number of carbonyl (C=O) groups excluding carboxylic acids is 1. The van der Waals surface area contributed by atoms with Crippen molar-refractivity contribution in [1.29, 1.82) is 0 Å². The number of amides is 2. The fourth-order valence-corrected chi connectivity index (χ4v) is 5.51. The number of carbonyl (C=O) groups is 1. The molecule has 2 atom stereocenters. The van der Waals surface area contributed by atoms with Gasteiger partial charge in [0, 0.05) is 43.1 Å². The normalized spacial score (nSPS) is 22.2. The van der Waals surface area contributed by atoms with Gasteiger partial charge in [-0.25, -0.2) is 4.79 Å². The molecule has 2 amide bonds. The third-order valence-electron chi connectivity index (χ3n) is 7.38. The van der Waals surface area contributed by atoms with Gasteiger partial charge in [-0.2, -0.15) is 0 Å². The Morgan fingerprint density at radius 1 is 1.31 bits per heavy atom. The van der Waals surface area contributed by atoms with E-state index >= 15 is 0 Å². The van der Waals surface area contributed by atoms with E-state index in [9.17, 15) is 9.90 Å². The lowest BCUT2D eigenvalue weighted by Gasteiger charge is -2.38. The summed E-state index contributed by atoms with van der Waals surface area (Å²) in [4.78, 5) is 16.6. The van der Waals surface area contributed by atoms with Gasteiger partial charge >= 0.3 is 6.03 Å². The average molecular weight is 439 g/mol. The number of aryl methyl sites for hydroxylation is 1. The summed E-state index contributed by atoms with van der Waals surface area (Å²) >= 11 is 0. The number of urea groups is 1. The van der Waals surface area contributed by atoms with Crippen molar-refractivity contribution >= 4 is 6.03 Å². The average Bonchev–Trinajstić information content (AvgIpc) is 3.30. The number of likely N-dealkylation sites (tertiary alicyclic amines) is 1. The number of fused-ring (bicyclic) bond motifs is 3. The zero-order valence-corrected chi connectivity index (χ0v) is 20.0. The molecule has 5 nitrogen and oxygen atoms in total. The molecule has 174 valence electrons. The number of aromatic hydroxyl groups is 1. The van der Waals surface area contributed by atoms with Gasteiger partial charge in [0.25, 0.3) is 0 Å². The smallest absolute Gasteiger partial charge is 0.320 e. The van der Waals surface area contributed by atoms with Crippen LogP contribution in [0.25, 0.3) is 0 Å². The summed E-state index contributed by atoms with van der Waals surface area (Å²) in [7, 11) is 1.85. The first-order chi connectivity index (χ1) is 15.4. The highest BCUT2D eigenvalue weighted by Crippen LogP contribution is 2.52. The highest BCUT2D eigenvalue weighted by Gasteiger charge is 2.38. The molecule has 2 aliphatic heterocycles. The van der Waals surface area contributed by atoms with Crippen LogP contribution >= 0.6 is 0 Å². The third-order valence-corrected chi connectivity index (χ3v) is 7.38. The predicted octanol–water partition coefficient (Wildman–Crippen LogP) is 6.12. The summed E-state index contributed by atoms with van der Waals surface area (Å²) < 4.78 is 6.18. The van der Waals surface area contributed by atoms with Crippen LogP contribution in [0, 0.1) is 5.92 Å². The number of ether oxygens (including phenoxy) is 1. The van der Waals surface area contributed by atoms with Crippen LogP contribution in [0.4, 0.5) is 4.79 Å². The number of nitrogens with zero attached hydrogens (tertiary/aromatic N) is 2. The summed E-state index contributed by atoms with van der Waals surface area (Å²) in [5.41, 5.74) is 4.18.